The van der Waals surface area contributed by atoms with E-state index in [-0.39, 0.29) is 11.1 Å². The smallest absolute Gasteiger partial charge is 0.203 e. The zero-order valence-electron chi connectivity index (χ0n) is 12.0. The molecule has 0 aliphatic rings. The molecular formula is C16H15FO4. The van der Waals surface area contributed by atoms with Crippen LogP contribution in [0, 0.1) is 5.82 Å². The van der Waals surface area contributed by atoms with E-state index in [1.54, 1.807) is 18.2 Å². The van der Waals surface area contributed by atoms with E-state index in [2.05, 4.69) is 0 Å². The van der Waals surface area contributed by atoms with E-state index in [9.17, 15) is 9.18 Å². The Morgan fingerprint density at radius 2 is 1.57 bits per heavy atom. The summed E-state index contributed by atoms with van der Waals surface area (Å²) >= 11 is 0. The summed E-state index contributed by atoms with van der Waals surface area (Å²) in [4.78, 5) is 12.6. The number of rotatable bonds is 5. The van der Waals surface area contributed by atoms with E-state index in [0.29, 0.717) is 17.2 Å². The standard InChI is InChI=1S/C16H15FO4/c1-19-10-7-8-11(12(17)9-10)16(18)15-13(20-2)5-4-6-14(15)21-3/h4-9H,1-3H3. The molecular weight excluding hydrogens is 275 g/mol. The van der Waals surface area contributed by atoms with Crippen LogP contribution in [0.1, 0.15) is 15.9 Å². The first kappa shape index (κ1) is 14.8. The summed E-state index contributed by atoms with van der Waals surface area (Å²) in [5.74, 6) is -0.169. The largest absolute Gasteiger partial charge is 0.497 e. The lowest BCUT2D eigenvalue weighted by atomic mass is 10.0. The zero-order valence-corrected chi connectivity index (χ0v) is 12.0. The molecule has 0 heterocycles. The topological polar surface area (TPSA) is 44.8 Å². The predicted octanol–water partition coefficient (Wildman–Crippen LogP) is 3.08. The molecule has 0 aliphatic carbocycles. The van der Waals surface area contributed by atoms with Crippen LogP contribution in [0.5, 0.6) is 17.2 Å². The van der Waals surface area contributed by atoms with Crippen molar-refractivity contribution in [1.29, 1.82) is 0 Å². The first-order valence-corrected chi connectivity index (χ1v) is 6.21. The van der Waals surface area contributed by atoms with E-state index in [1.165, 1.54) is 33.5 Å². The average molecular weight is 290 g/mol. The minimum atomic E-state index is -0.660. The van der Waals surface area contributed by atoms with Gasteiger partial charge in [-0.1, -0.05) is 6.07 Å². The summed E-state index contributed by atoms with van der Waals surface area (Å²) in [6, 6.07) is 9.00. The summed E-state index contributed by atoms with van der Waals surface area (Å²) in [7, 11) is 4.31. The van der Waals surface area contributed by atoms with Crippen LogP contribution in [-0.4, -0.2) is 27.1 Å². The quantitative estimate of drug-likeness (QED) is 0.794. The molecule has 21 heavy (non-hydrogen) atoms. The Morgan fingerprint density at radius 3 is 2.05 bits per heavy atom. The highest BCUT2D eigenvalue weighted by atomic mass is 19.1. The first-order chi connectivity index (χ1) is 10.1. The molecule has 0 aliphatic heterocycles. The molecule has 0 bridgehead atoms. The molecule has 4 nitrogen and oxygen atoms in total. The van der Waals surface area contributed by atoms with Gasteiger partial charge in [-0.3, -0.25) is 4.79 Å². The fraction of sp³-hybridized carbons (Fsp3) is 0.188. The molecule has 2 aromatic rings. The third kappa shape index (κ3) is 2.81. The van der Waals surface area contributed by atoms with E-state index in [4.69, 9.17) is 14.2 Å². The lowest BCUT2D eigenvalue weighted by Gasteiger charge is -2.12. The summed E-state index contributed by atoms with van der Waals surface area (Å²) < 4.78 is 29.3. The van der Waals surface area contributed by atoms with Gasteiger partial charge in [0.1, 0.15) is 28.6 Å². The van der Waals surface area contributed by atoms with Crippen LogP contribution in [-0.2, 0) is 0 Å². The third-order valence-electron chi connectivity index (χ3n) is 3.08. The van der Waals surface area contributed by atoms with Crippen LogP contribution in [0.3, 0.4) is 0 Å². The average Bonchev–Trinajstić information content (AvgIpc) is 2.53. The molecule has 0 unspecified atom stereocenters. The Labute approximate surface area is 122 Å². The maximum Gasteiger partial charge on any atom is 0.203 e. The number of hydrogen-bond acceptors (Lipinski definition) is 4. The van der Waals surface area contributed by atoms with Gasteiger partial charge in [-0.2, -0.15) is 0 Å². The summed E-state index contributed by atoms with van der Waals surface area (Å²) in [5, 5.41) is 0. The monoisotopic (exact) mass is 290 g/mol. The minimum absolute atomic E-state index is 0.0707. The molecule has 0 radical (unpaired) electrons. The van der Waals surface area contributed by atoms with Crippen molar-refractivity contribution in [2.45, 2.75) is 0 Å². The molecule has 0 amide bonds. The SMILES string of the molecule is COc1ccc(C(=O)c2c(OC)cccc2OC)c(F)c1. The van der Waals surface area contributed by atoms with Gasteiger partial charge in [0.05, 0.1) is 26.9 Å². The number of hydrogen-bond donors (Lipinski definition) is 0. The Morgan fingerprint density at radius 1 is 0.952 bits per heavy atom. The van der Waals surface area contributed by atoms with Crippen LogP contribution in [0.2, 0.25) is 0 Å². The second-order valence-corrected chi connectivity index (χ2v) is 4.21. The van der Waals surface area contributed by atoms with E-state index in [0.717, 1.165) is 6.07 Å². The van der Waals surface area contributed by atoms with Crippen molar-refractivity contribution in [2.75, 3.05) is 21.3 Å². The fourth-order valence-corrected chi connectivity index (χ4v) is 2.02. The van der Waals surface area contributed by atoms with Crippen LogP contribution in [0.4, 0.5) is 4.39 Å². The fourth-order valence-electron chi connectivity index (χ4n) is 2.02. The van der Waals surface area contributed by atoms with Crippen LogP contribution < -0.4 is 14.2 Å². The van der Waals surface area contributed by atoms with Crippen LogP contribution in [0.15, 0.2) is 36.4 Å². The molecule has 0 saturated heterocycles. The van der Waals surface area contributed by atoms with Crippen molar-refractivity contribution in [1.82, 2.24) is 0 Å². The number of carbonyl (C=O) groups is 1. The zero-order chi connectivity index (χ0) is 15.4. The number of carbonyl (C=O) groups excluding carboxylic acids is 1. The highest BCUT2D eigenvalue weighted by Gasteiger charge is 2.22. The van der Waals surface area contributed by atoms with Gasteiger partial charge in [0.15, 0.2) is 0 Å². The molecule has 0 spiro atoms. The van der Waals surface area contributed by atoms with Crippen molar-refractivity contribution in [2.24, 2.45) is 0 Å². The lowest BCUT2D eigenvalue weighted by molar-refractivity contribution is 0.102. The number of ether oxygens (including phenoxy) is 3. The first-order valence-electron chi connectivity index (χ1n) is 6.21. The van der Waals surface area contributed by atoms with Crippen LogP contribution in [0.25, 0.3) is 0 Å². The molecule has 0 N–H and O–H groups in total. The van der Waals surface area contributed by atoms with E-state index >= 15 is 0 Å². The number of benzene rings is 2. The molecule has 2 aromatic carbocycles. The highest BCUT2D eigenvalue weighted by molar-refractivity contribution is 6.12. The maximum absolute atomic E-state index is 14.1. The Bertz CT molecular complexity index is 645. The summed E-state index contributed by atoms with van der Waals surface area (Å²) in [6.45, 7) is 0. The van der Waals surface area contributed by atoms with Gasteiger partial charge in [-0.15, -0.1) is 0 Å². The van der Waals surface area contributed by atoms with Gasteiger partial charge < -0.3 is 14.2 Å². The third-order valence-corrected chi connectivity index (χ3v) is 3.08. The number of halogens is 1. The van der Waals surface area contributed by atoms with Crippen molar-refractivity contribution in [3.8, 4) is 17.2 Å². The van der Waals surface area contributed by atoms with Gasteiger partial charge in [0, 0.05) is 6.07 Å². The second kappa shape index (κ2) is 6.26. The van der Waals surface area contributed by atoms with Gasteiger partial charge in [-0.25, -0.2) is 4.39 Å². The molecule has 5 heteroatoms. The minimum Gasteiger partial charge on any atom is -0.497 e. The van der Waals surface area contributed by atoms with Gasteiger partial charge in [0.2, 0.25) is 5.78 Å². The Kier molecular flexibility index (Phi) is 4.42. The predicted molar refractivity (Wildman–Crippen MR) is 75.9 cm³/mol. The van der Waals surface area contributed by atoms with Crippen molar-refractivity contribution in [3.05, 3.63) is 53.3 Å². The molecule has 110 valence electrons. The van der Waals surface area contributed by atoms with Gasteiger partial charge >= 0.3 is 0 Å². The summed E-state index contributed by atoms with van der Waals surface area (Å²) in [5.41, 5.74) is 0.116. The molecule has 0 saturated carbocycles. The van der Waals surface area contributed by atoms with Gasteiger partial charge in [0.25, 0.3) is 0 Å². The second-order valence-electron chi connectivity index (χ2n) is 4.21. The number of methoxy groups -OCH3 is 3. The van der Waals surface area contributed by atoms with Gasteiger partial charge in [-0.05, 0) is 24.3 Å². The highest BCUT2D eigenvalue weighted by Crippen LogP contribution is 2.31. The van der Waals surface area contributed by atoms with E-state index in [1.807, 2.05) is 0 Å². The summed E-state index contributed by atoms with van der Waals surface area (Å²) in [6.07, 6.45) is 0. The number of ketones is 1. The molecule has 2 rings (SSSR count). The van der Waals surface area contributed by atoms with Crippen molar-refractivity contribution in [3.63, 3.8) is 0 Å². The van der Waals surface area contributed by atoms with Crippen molar-refractivity contribution < 1.29 is 23.4 Å². The molecule has 0 aromatic heterocycles. The molecule has 0 atom stereocenters. The van der Waals surface area contributed by atoms with E-state index < -0.39 is 11.6 Å². The van der Waals surface area contributed by atoms with Crippen molar-refractivity contribution >= 4 is 5.78 Å². The maximum atomic E-state index is 14.1. The van der Waals surface area contributed by atoms with Crippen LogP contribution >= 0.6 is 0 Å². The Hall–Kier alpha value is -2.56. The normalized spacial score (nSPS) is 10.1. The lowest BCUT2D eigenvalue weighted by Crippen LogP contribution is -2.08. The Balaban J connectivity index is 2.54. The molecule has 0 fully saturated rings.